The summed E-state index contributed by atoms with van der Waals surface area (Å²) in [5, 5.41) is 14.0. The molecule has 6 rings (SSSR count). The van der Waals surface area contributed by atoms with Gasteiger partial charge in [0.1, 0.15) is 6.61 Å². The lowest BCUT2D eigenvalue weighted by Gasteiger charge is -2.32. The summed E-state index contributed by atoms with van der Waals surface area (Å²) >= 11 is 6.41. The van der Waals surface area contributed by atoms with Crippen LogP contribution in [0.1, 0.15) is 66.7 Å². The number of hydrogen-bond donors (Lipinski definition) is 2. The van der Waals surface area contributed by atoms with Crippen LogP contribution in [-0.4, -0.2) is 60.9 Å². The van der Waals surface area contributed by atoms with E-state index in [0.29, 0.717) is 54.0 Å². The second-order valence-electron chi connectivity index (χ2n) is 14.0. The molecule has 0 saturated carbocycles. The first-order chi connectivity index (χ1) is 26.8. The number of hydrogen-bond acceptors (Lipinski definition) is 7. The summed E-state index contributed by atoms with van der Waals surface area (Å²) in [6.45, 7) is 3.73. The van der Waals surface area contributed by atoms with Gasteiger partial charge < -0.3 is 29.5 Å². The predicted octanol–water partition coefficient (Wildman–Crippen LogP) is 8.86. The van der Waals surface area contributed by atoms with Crippen molar-refractivity contribution < 1.29 is 33.7 Å². The Morgan fingerprint density at radius 3 is 2.05 bits per heavy atom. The van der Waals surface area contributed by atoms with Gasteiger partial charge in [0, 0.05) is 36.3 Å². The van der Waals surface area contributed by atoms with Crippen molar-refractivity contribution in [1.29, 1.82) is 0 Å². The highest BCUT2D eigenvalue weighted by molar-refractivity contribution is 6.30. The van der Waals surface area contributed by atoms with Crippen LogP contribution in [0.3, 0.4) is 0 Å². The average molecular weight is 763 g/mol. The van der Waals surface area contributed by atoms with E-state index in [1.807, 2.05) is 66.7 Å². The first kappa shape index (κ1) is 39.3. The molecule has 0 aliphatic carbocycles. The third-order valence-electron chi connectivity index (χ3n) is 10.3. The number of likely N-dealkylation sites (tertiary alicyclic amines) is 1. The number of halogens is 1. The molecule has 0 radical (unpaired) electrons. The maximum absolute atomic E-state index is 14.2. The molecule has 2 N–H and O–H groups in total. The smallest absolute Gasteiger partial charge is 0.410 e. The molecule has 4 aromatic carbocycles. The molecule has 1 amide bonds. The van der Waals surface area contributed by atoms with Gasteiger partial charge in [0.2, 0.25) is 0 Å². The fourth-order valence-corrected chi connectivity index (χ4v) is 7.64. The van der Waals surface area contributed by atoms with Crippen LogP contribution in [-0.2, 0) is 30.4 Å². The zero-order valence-corrected chi connectivity index (χ0v) is 31.8. The molecule has 0 spiro atoms. The van der Waals surface area contributed by atoms with Gasteiger partial charge in [0.15, 0.2) is 0 Å². The quantitative estimate of drug-likeness (QED) is 0.0913. The largest absolute Gasteiger partial charge is 0.478 e. The number of esters is 1. The number of nitrogens with zero attached hydrogens (tertiary/aromatic N) is 1. The fraction of sp³-hybridized carbons (Fsp3) is 0.311. The standard InChI is InChI=1S/C45H47ClN2O7/c1-31-40(43(49)50)41(36-18-11-19-37(46)28-36)42(44(51)54-27-23-38(34-14-7-3-8-15-34)35-16-9-4-10-17-35)39(47-31)30-53-26-22-32-20-24-48(25-21-32)45(52)55-29-33-12-5-2-6-13-33/h2-19,28,32,38,41,47H,20-27,29-30H2,1H3,(H,49,50). The number of carbonyl (C=O) groups excluding carboxylic acids is 2. The highest BCUT2D eigenvalue weighted by Gasteiger charge is 2.38. The van der Waals surface area contributed by atoms with Gasteiger partial charge in [-0.05, 0) is 72.9 Å². The van der Waals surface area contributed by atoms with Crippen molar-refractivity contribution in [2.24, 2.45) is 5.92 Å². The van der Waals surface area contributed by atoms with Crippen LogP contribution < -0.4 is 5.32 Å². The van der Waals surface area contributed by atoms with Crippen molar-refractivity contribution in [2.45, 2.75) is 51.0 Å². The summed E-state index contributed by atoms with van der Waals surface area (Å²) in [5.74, 6) is -2.35. The van der Waals surface area contributed by atoms with Gasteiger partial charge in [-0.1, -0.05) is 115 Å². The van der Waals surface area contributed by atoms with Crippen LogP contribution in [0.15, 0.2) is 138 Å². The molecule has 1 saturated heterocycles. The molecule has 4 aromatic rings. The van der Waals surface area contributed by atoms with Gasteiger partial charge in [-0.3, -0.25) is 0 Å². The molecule has 9 nitrogen and oxygen atoms in total. The third-order valence-corrected chi connectivity index (χ3v) is 10.6. The van der Waals surface area contributed by atoms with Crippen LogP contribution in [0.4, 0.5) is 4.79 Å². The number of carbonyl (C=O) groups is 3. The second kappa shape index (κ2) is 19.3. The lowest BCUT2D eigenvalue weighted by Crippen LogP contribution is -2.39. The minimum Gasteiger partial charge on any atom is -0.478 e. The summed E-state index contributed by atoms with van der Waals surface area (Å²) < 4.78 is 17.7. The lowest BCUT2D eigenvalue weighted by atomic mass is 9.80. The highest BCUT2D eigenvalue weighted by Crippen LogP contribution is 2.40. The number of piperidine rings is 1. The fourth-order valence-electron chi connectivity index (χ4n) is 7.44. The van der Waals surface area contributed by atoms with Crippen molar-refractivity contribution >= 4 is 29.6 Å². The van der Waals surface area contributed by atoms with E-state index in [1.54, 1.807) is 36.1 Å². The Labute approximate surface area is 327 Å². The molecular formula is C45H47ClN2O7. The zero-order chi connectivity index (χ0) is 38.6. The van der Waals surface area contributed by atoms with Crippen molar-refractivity contribution in [1.82, 2.24) is 10.2 Å². The normalized spacial score (nSPS) is 16.2. The topological polar surface area (TPSA) is 114 Å². The number of aliphatic carboxylic acids is 1. The summed E-state index contributed by atoms with van der Waals surface area (Å²) in [6, 6.07) is 36.7. The van der Waals surface area contributed by atoms with E-state index in [1.165, 1.54) is 0 Å². The Morgan fingerprint density at radius 2 is 1.44 bits per heavy atom. The van der Waals surface area contributed by atoms with Crippen molar-refractivity contribution in [2.75, 3.05) is 32.9 Å². The van der Waals surface area contributed by atoms with Gasteiger partial charge in [-0.15, -0.1) is 0 Å². The maximum Gasteiger partial charge on any atom is 0.410 e. The SMILES string of the molecule is CC1=C(C(=O)O)C(c2cccc(Cl)c2)C(C(=O)OCCC(c2ccccc2)c2ccccc2)=C(COCCC2CCN(C(=O)OCc3ccccc3)CC2)N1. The highest BCUT2D eigenvalue weighted by atomic mass is 35.5. The molecule has 1 fully saturated rings. The van der Waals surface area contributed by atoms with Crippen LogP contribution in [0.25, 0.3) is 0 Å². The Hall–Kier alpha value is -5.38. The first-order valence-electron chi connectivity index (χ1n) is 18.8. The summed E-state index contributed by atoms with van der Waals surface area (Å²) in [6.07, 6.45) is 2.65. The minimum absolute atomic E-state index is 0.0105. The molecular weight excluding hydrogens is 716 g/mol. The molecule has 2 heterocycles. The summed E-state index contributed by atoms with van der Waals surface area (Å²) in [7, 11) is 0. The van der Waals surface area contributed by atoms with Crippen LogP contribution in [0.2, 0.25) is 5.02 Å². The number of ether oxygens (including phenoxy) is 3. The van der Waals surface area contributed by atoms with Crippen molar-refractivity contribution in [3.8, 4) is 0 Å². The number of amides is 1. The van der Waals surface area contributed by atoms with E-state index in [9.17, 15) is 19.5 Å². The molecule has 0 aromatic heterocycles. The Morgan fingerprint density at radius 1 is 0.800 bits per heavy atom. The molecule has 1 unspecified atom stereocenters. The van der Waals surface area contributed by atoms with Crippen LogP contribution in [0, 0.1) is 5.92 Å². The Balaban J connectivity index is 1.13. The van der Waals surface area contributed by atoms with Gasteiger partial charge >= 0.3 is 18.0 Å². The molecule has 1 atom stereocenters. The summed E-state index contributed by atoms with van der Waals surface area (Å²) in [5.41, 5.74) is 4.82. The number of carboxylic acid groups (broad SMARTS) is 1. The lowest BCUT2D eigenvalue weighted by molar-refractivity contribution is -0.139. The van der Waals surface area contributed by atoms with E-state index in [2.05, 4.69) is 29.6 Å². The number of dihydropyridines is 1. The molecule has 2 aliphatic heterocycles. The Bertz CT molecular complexity index is 1940. The second-order valence-corrected chi connectivity index (χ2v) is 14.4. The van der Waals surface area contributed by atoms with E-state index >= 15 is 0 Å². The number of nitrogens with one attached hydrogen (secondary N) is 1. The maximum atomic E-state index is 14.2. The van der Waals surface area contributed by atoms with Crippen LogP contribution >= 0.6 is 11.6 Å². The van der Waals surface area contributed by atoms with Crippen molar-refractivity contribution in [3.05, 3.63) is 165 Å². The number of rotatable bonds is 15. The van der Waals surface area contributed by atoms with E-state index in [4.69, 9.17) is 25.8 Å². The van der Waals surface area contributed by atoms with Gasteiger partial charge in [0.25, 0.3) is 0 Å². The number of benzene rings is 4. The van der Waals surface area contributed by atoms with E-state index in [-0.39, 0.29) is 43.0 Å². The van der Waals surface area contributed by atoms with E-state index < -0.39 is 17.9 Å². The number of allylic oxidation sites excluding steroid dienone is 1. The van der Waals surface area contributed by atoms with Gasteiger partial charge in [0.05, 0.1) is 36.0 Å². The Kier molecular flexibility index (Phi) is 13.8. The van der Waals surface area contributed by atoms with Gasteiger partial charge in [-0.2, -0.15) is 0 Å². The summed E-state index contributed by atoms with van der Waals surface area (Å²) in [4.78, 5) is 41.4. The number of carboxylic acids is 1. The molecule has 2 aliphatic rings. The molecule has 10 heteroatoms. The average Bonchev–Trinajstić information content (AvgIpc) is 3.21. The molecule has 55 heavy (non-hydrogen) atoms. The molecule has 286 valence electrons. The van der Waals surface area contributed by atoms with Gasteiger partial charge in [-0.25, -0.2) is 14.4 Å². The zero-order valence-electron chi connectivity index (χ0n) is 31.0. The van der Waals surface area contributed by atoms with E-state index in [0.717, 1.165) is 36.0 Å². The van der Waals surface area contributed by atoms with Crippen LogP contribution in [0.5, 0.6) is 0 Å². The predicted molar refractivity (Wildman–Crippen MR) is 211 cm³/mol. The first-order valence-corrected chi connectivity index (χ1v) is 19.2. The monoisotopic (exact) mass is 762 g/mol. The molecule has 0 bridgehead atoms. The third kappa shape index (κ3) is 10.4. The van der Waals surface area contributed by atoms with Crippen molar-refractivity contribution in [3.63, 3.8) is 0 Å². The minimum atomic E-state index is -1.15.